The molecule has 0 aliphatic rings. The molecule has 2 aromatic rings. The van der Waals surface area contributed by atoms with Crippen molar-refractivity contribution in [2.45, 2.75) is 11.9 Å². The van der Waals surface area contributed by atoms with Gasteiger partial charge in [0.1, 0.15) is 5.15 Å². The first-order chi connectivity index (χ1) is 9.74. The van der Waals surface area contributed by atoms with Crippen LogP contribution >= 0.6 is 11.6 Å². The van der Waals surface area contributed by atoms with Crippen molar-refractivity contribution in [3.63, 3.8) is 0 Å². The predicted molar refractivity (Wildman–Crippen MR) is 76.9 cm³/mol. The molecule has 0 aliphatic heterocycles. The number of benzene rings is 1. The molecule has 1 aromatic carbocycles. The van der Waals surface area contributed by atoms with E-state index in [0.29, 0.717) is 0 Å². The Hall–Kier alpha value is -2.13. The number of sulfonamides is 1. The number of hydrogen-bond donors (Lipinski definition) is 1. The lowest BCUT2D eigenvalue weighted by atomic mass is 10.2. The molecular formula is C11H11ClN4O4S. The van der Waals surface area contributed by atoms with Crippen molar-refractivity contribution >= 4 is 33.0 Å². The molecule has 0 spiro atoms. The van der Waals surface area contributed by atoms with E-state index in [9.17, 15) is 18.5 Å². The fourth-order valence-electron chi connectivity index (χ4n) is 1.70. The van der Waals surface area contributed by atoms with Crippen molar-refractivity contribution in [2.24, 2.45) is 7.05 Å². The van der Waals surface area contributed by atoms with Crippen LogP contribution in [-0.2, 0) is 17.1 Å². The lowest BCUT2D eigenvalue weighted by Crippen LogP contribution is -2.15. The van der Waals surface area contributed by atoms with E-state index in [1.807, 2.05) is 0 Å². The second kappa shape index (κ2) is 5.34. The zero-order valence-corrected chi connectivity index (χ0v) is 12.6. The molecule has 1 aromatic heterocycles. The van der Waals surface area contributed by atoms with Gasteiger partial charge in [-0.1, -0.05) is 17.7 Å². The van der Waals surface area contributed by atoms with Gasteiger partial charge in [0.05, 0.1) is 22.5 Å². The van der Waals surface area contributed by atoms with Crippen molar-refractivity contribution in [1.29, 1.82) is 0 Å². The van der Waals surface area contributed by atoms with E-state index >= 15 is 0 Å². The summed E-state index contributed by atoms with van der Waals surface area (Å²) in [5.74, 6) is 0. The van der Waals surface area contributed by atoms with Crippen LogP contribution < -0.4 is 4.72 Å². The van der Waals surface area contributed by atoms with Crippen LogP contribution in [0.2, 0.25) is 5.15 Å². The summed E-state index contributed by atoms with van der Waals surface area (Å²) in [5.41, 5.74) is 0.131. The summed E-state index contributed by atoms with van der Waals surface area (Å²) in [6.45, 7) is 1.45. The third-order valence-electron chi connectivity index (χ3n) is 2.84. The van der Waals surface area contributed by atoms with Crippen molar-refractivity contribution in [2.75, 3.05) is 4.72 Å². The van der Waals surface area contributed by atoms with Gasteiger partial charge in [-0.05, 0) is 13.0 Å². The lowest BCUT2D eigenvalue weighted by Gasteiger charge is -2.09. The van der Waals surface area contributed by atoms with Crippen molar-refractivity contribution in [1.82, 2.24) is 9.55 Å². The number of nitrogens with zero attached hydrogens (tertiary/aromatic N) is 3. The number of halogens is 1. The first kappa shape index (κ1) is 15.3. The minimum atomic E-state index is -4.02. The standard InChI is InChI=1S/C11H11ClN4O4S/c1-7-8(4-3-5-9(7)16(17)18)14-21(19,20)11-10(12)15(2)6-13-11/h3-6,14H,1-2H3. The molecule has 0 bridgehead atoms. The summed E-state index contributed by atoms with van der Waals surface area (Å²) >= 11 is 5.85. The van der Waals surface area contributed by atoms with E-state index in [2.05, 4.69) is 9.71 Å². The number of hydrogen-bond acceptors (Lipinski definition) is 5. The zero-order chi connectivity index (χ0) is 15.8. The molecule has 21 heavy (non-hydrogen) atoms. The lowest BCUT2D eigenvalue weighted by molar-refractivity contribution is -0.385. The first-order valence-corrected chi connectivity index (χ1v) is 7.54. The van der Waals surface area contributed by atoms with Crippen LogP contribution in [0.5, 0.6) is 0 Å². The number of imidazole rings is 1. The number of aromatic nitrogens is 2. The molecule has 0 atom stereocenters. The molecule has 1 N–H and O–H groups in total. The highest BCUT2D eigenvalue weighted by molar-refractivity contribution is 7.92. The Morgan fingerprint density at radius 3 is 2.62 bits per heavy atom. The van der Waals surface area contributed by atoms with E-state index in [1.165, 1.54) is 36.0 Å². The minimum Gasteiger partial charge on any atom is -0.324 e. The van der Waals surface area contributed by atoms with E-state index in [4.69, 9.17) is 11.6 Å². The second-order valence-corrected chi connectivity index (χ2v) is 6.22. The molecule has 0 unspecified atom stereocenters. The third kappa shape index (κ3) is 2.83. The van der Waals surface area contributed by atoms with Crippen LogP contribution in [0.4, 0.5) is 11.4 Å². The Morgan fingerprint density at radius 1 is 1.43 bits per heavy atom. The maximum absolute atomic E-state index is 12.2. The fraction of sp³-hybridized carbons (Fsp3) is 0.182. The Kier molecular flexibility index (Phi) is 3.88. The molecule has 0 aliphatic carbocycles. The number of nitrogens with one attached hydrogen (secondary N) is 1. The third-order valence-corrected chi connectivity index (χ3v) is 4.69. The summed E-state index contributed by atoms with van der Waals surface area (Å²) in [6, 6.07) is 4.11. The van der Waals surface area contributed by atoms with Crippen LogP contribution in [0, 0.1) is 17.0 Å². The zero-order valence-electron chi connectivity index (χ0n) is 11.1. The van der Waals surface area contributed by atoms with Crippen molar-refractivity contribution in [3.8, 4) is 0 Å². The van der Waals surface area contributed by atoms with Crippen LogP contribution in [-0.4, -0.2) is 22.9 Å². The fourth-order valence-corrected chi connectivity index (χ4v) is 3.26. The second-order valence-electron chi connectivity index (χ2n) is 4.26. The summed E-state index contributed by atoms with van der Waals surface area (Å²) < 4.78 is 28.1. The SMILES string of the molecule is Cc1c(NS(=O)(=O)c2ncn(C)c2Cl)cccc1[N+](=O)[O-]. The highest BCUT2D eigenvalue weighted by atomic mass is 35.5. The van der Waals surface area contributed by atoms with E-state index in [0.717, 1.165) is 0 Å². The Morgan fingerprint density at radius 2 is 2.10 bits per heavy atom. The number of anilines is 1. The quantitative estimate of drug-likeness (QED) is 0.682. The Balaban J connectivity index is 2.45. The Bertz CT molecular complexity index is 816. The van der Waals surface area contributed by atoms with Crippen LogP contribution in [0.1, 0.15) is 5.56 Å². The van der Waals surface area contributed by atoms with Gasteiger partial charge < -0.3 is 4.57 Å². The molecule has 1 heterocycles. The van der Waals surface area contributed by atoms with Crippen LogP contribution in [0.3, 0.4) is 0 Å². The maximum Gasteiger partial charge on any atom is 0.282 e. The summed E-state index contributed by atoms with van der Waals surface area (Å²) in [5, 5.41) is 10.5. The molecule has 112 valence electrons. The van der Waals surface area contributed by atoms with Crippen molar-refractivity contribution < 1.29 is 13.3 Å². The monoisotopic (exact) mass is 330 g/mol. The van der Waals surface area contributed by atoms with E-state index < -0.39 is 14.9 Å². The summed E-state index contributed by atoms with van der Waals surface area (Å²) in [4.78, 5) is 14.0. The molecule has 0 saturated carbocycles. The van der Waals surface area contributed by atoms with E-state index in [-0.39, 0.29) is 27.1 Å². The minimum absolute atomic E-state index is 0.0504. The molecule has 0 amide bonds. The molecule has 0 radical (unpaired) electrons. The van der Waals surface area contributed by atoms with Gasteiger partial charge in [0.25, 0.3) is 15.7 Å². The highest BCUT2D eigenvalue weighted by Crippen LogP contribution is 2.28. The van der Waals surface area contributed by atoms with Crippen LogP contribution in [0.15, 0.2) is 29.6 Å². The highest BCUT2D eigenvalue weighted by Gasteiger charge is 2.24. The van der Waals surface area contributed by atoms with Gasteiger partial charge in [-0.2, -0.15) is 8.42 Å². The smallest absolute Gasteiger partial charge is 0.282 e. The number of rotatable bonds is 4. The van der Waals surface area contributed by atoms with Gasteiger partial charge in [-0.3, -0.25) is 14.8 Å². The normalized spacial score (nSPS) is 11.4. The molecule has 2 rings (SSSR count). The number of nitro groups is 1. The number of nitro benzene ring substituents is 1. The van der Waals surface area contributed by atoms with Gasteiger partial charge in [0, 0.05) is 13.1 Å². The molecular weight excluding hydrogens is 320 g/mol. The van der Waals surface area contributed by atoms with Gasteiger partial charge >= 0.3 is 0 Å². The first-order valence-electron chi connectivity index (χ1n) is 5.67. The molecule has 8 nitrogen and oxygen atoms in total. The summed E-state index contributed by atoms with van der Waals surface area (Å²) in [7, 11) is -2.48. The number of aryl methyl sites for hydroxylation is 1. The van der Waals surface area contributed by atoms with E-state index in [1.54, 1.807) is 7.05 Å². The maximum atomic E-state index is 12.2. The molecule has 0 fully saturated rings. The largest absolute Gasteiger partial charge is 0.324 e. The van der Waals surface area contributed by atoms with Crippen molar-refractivity contribution in [3.05, 3.63) is 45.4 Å². The van der Waals surface area contributed by atoms with Gasteiger partial charge in [0.2, 0.25) is 5.03 Å². The van der Waals surface area contributed by atoms with Gasteiger partial charge in [0.15, 0.2) is 0 Å². The van der Waals surface area contributed by atoms with Crippen LogP contribution in [0.25, 0.3) is 0 Å². The average molecular weight is 331 g/mol. The summed E-state index contributed by atoms with van der Waals surface area (Å²) in [6.07, 6.45) is 1.26. The van der Waals surface area contributed by atoms with Gasteiger partial charge in [-0.25, -0.2) is 4.98 Å². The molecule has 10 heteroatoms. The predicted octanol–water partition coefficient (Wildman–Crippen LogP) is 2.09. The average Bonchev–Trinajstić information content (AvgIpc) is 2.72. The molecule has 0 saturated heterocycles. The van der Waals surface area contributed by atoms with Gasteiger partial charge in [-0.15, -0.1) is 0 Å². The Labute approximate surface area is 125 Å². The topological polar surface area (TPSA) is 107 Å².